The van der Waals surface area contributed by atoms with Gasteiger partial charge in [-0.2, -0.15) is 0 Å². The van der Waals surface area contributed by atoms with Gasteiger partial charge in [0.25, 0.3) is 0 Å². The molecule has 0 heterocycles. The van der Waals surface area contributed by atoms with E-state index in [1.807, 2.05) is 52.0 Å². The average Bonchev–Trinajstić information content (AvgIpc) is 2.29. The highest BCUT2D eigenvalue weighted by atomic mass is 16.6. The maximum absolute atomic E-state index is 11.5. The van der Waals surface area contributed by atoms with Crippen LogP contribution in [0, 0.1) is 0 Å². The van der Waals surface area contributed by atoms with Crippen molar-refractivity contribution >= 4 is 5.97 Å². The highest BCUT2D eigenvalue weighted by Gasteiger charge is 2.16. The number of rotatable bonds is 6. The van der Waals surface area contributed by atoms with Gasteiger partial charge in [-0.1, -0.05) is 12.1 Å². The van der Waals surface area contributed by atoms with Crippen LogP contribution in [0.1, 0.15) is 34.1 Å². The van der Waals surface area contributed by atoms with Crippen LogP contribution in [0.3, 0.4) is 0 Å². The SMILES string of the molecule is CCOc1ccccc1OCCC(=O)OC(C)(C)C. The summed E-state index contributed by atoms with van der Waals surface area (Å²) in [5, 5.41) is 0. The minimum absolute atomic E-state index is 0.220. The van der Waals surface area contributed by atoms with Crippen LogP contribution in [0.2, 0.25) is 0 Å². The molecular weight excluding hydrogens is 244 g/mol. The van der Waals surface area contributed by atoms with Crippen molar-refractivity contribution in [3.63, 3.8) is 0 Å². The van der Waals surface area contributed by atoms with E-state index in [0.29, 0.717) is 18.1 Å². The van der Waals surface area contributed by atoms with Crippen LogP contribution in [-0.2, 0) is 9.53 Å². The van der Waals surface area contributed by atoms with Crippen LogP contribution >= 0.6 is 0 Å². The quantitative estimate of drug-likeness (QED) is 0.742. The number of para-hydroxylation sites is 2. The number of carbonyl (C=O) groups excluding carboxylic acids is 1. The van der Waals surface area contributed by atoms with Gasteiger partial charge in [0.2, 0.25) is 0 Å². The molecule has 0 unspecified atom stereocenters. The first-order chi connectivity index (χ1) is 8.92. The number of esters is 1. The Morgan fingerprint density at radius 2 is 1.68 bits per heavy atom. The molecule has 1 aromatic rings. The van der Waals surface area contributed by atoms with E-state index in [1.165, 1.54) is 0 Å². The number of hydrogen-bond donors (Lipinski definition) is 0. The largest absolute Gasteiger partial charge is 0.490 e. The fraction of sp³-hybridized carbons (Fsp3) is 0.533. The molecule has 0 aliphatic carbocycles. The van der Waals surface area contributed by atoms with Gasteiger partial charge in [-0.25, -0.2) is 0 Å². The maximum Gasteiger partial charge on any atom is 0.309 e. The highest BCUT2D eigenvalue weighted by molar-refractivity contribution is 5.70. The Kier molecular flexibility index (Phi) is 5.67. The molecule has 0 fully saturated rings. The molecule has 0 N–H and O–H groups in total. The van der Waals surface area contributed by atoms with E-state index in [1.54, 1.807) is 0 Å². The Bertz CT molecular complexity index is 407. The van der Waals surface area contributed by atoms with Gasteiger partial charge in [-0.3, -0.25) is 4.79 Å². The van der Waals surface area contributed by atoms with E-state index >= 15 is 0 Å². The Morgan fingerprint density at radius 3 is 2.21 bits per heavy atom. The Morgan fingerprint density at radius 1 is 1.11 bits per heavy atom. The number of benzene rings is 1. The summed E-state index contributed by atoms with van der Waals surface area (Å²) in [5.41, 5.74) is -0.458. The lowest BCUT2D eigenvalue weighted by molar-refractivity contribution is -0.155. The van der Waals surface area contributed by atoms with Crippen LogP contribution in [0.15, 0.2) is 24.3 Å². The molecule has 0 saturated heterocycles. The smallest absolute Gasteiger partial charge is 0.309 e. The normalized spacial score (nSPS) is 10.9. The summed E-state index contributed by atoms with van der Waals surface area (Å²) in [7, 11) is 0. The predicted molar refractivity (Wildman–Crippen MR) is 73.6 cm³/mol. The summed E-state index contributed by atoms with van der Waals surface area (Å²) in [6, 6.07) is 7.41. The lowest BCUT2D eigenvalue weighted by Crippen LogP contribution is -2.24. The minimum Gasteiger partial charge on any atom is -0.490 e. The molecule has 0 aliphatic heterocycles. The van der Waals surface area contributed by atoms with Crippen LogP contribution in [-0.4, -0.2) is 24.8 Å². The Labute approximate surface area is 114 Å². The summed E-state index contributed by atoms with van der Waals surface area (Å²) in [5.74, 6) is 1.07. The van der Waals surface area contributed by atoms with Crippen molar-refractivity contribution in [1.29, 1.82) is 0 Å². The first kappa shape index (κ1) is 15.3. The molecule has 0 saturated carbocycles. The van der Waals surface area contributed by atoms with Crippen LogP contribution < -0.4 is 9.47 Å². The third-order valence-electron chi connectivity index (χ3n) is 2.13. The summed E-state index contributed by atoms with van der Waals surface area (Å²) in [6.45, 7) is 8.30. The Balaban J connectivity index is 2.43. The van der Waals surface area contributed by atoms with Crippen molar-refractivity contribution in [2.24, 2.45) is 0 Å². The number of ether oxygens (including phenoxy) is 3. The maximum atomic E-state index is 11.5. The van der Waals surface area contributed by atoms with Crippen LogP contribution in [0.5, 0.6) is 11.5 Å². The van der Waals surface area contributed by atoms with E-state index < -0.39 is 5.60 Å². The third kappa shape index (κ3) is 6.13. The monoisotopic (exact) mass is 266 g/mol. The molecule has 106 valence electrons. The second kappa shape index (κ2) is 7.02. The van der Waals surface area contributed by atoms with Crippen molar-refractivity contribution in [2.45, 2.75) is 39.7 Å². The van der Waals surface area contributed by atoms with Gasteiger partial charge in [0.05, 0.1) is 19.6 Å². The summed E-state index contributed by atoms with van der Waals surface area (Å²) in [4.78, 5) is 11.5. The van der Waals surface area contributed by atoms with Crippen molar-refractivity contribution < 1.29 is 19.0 Å². The van der Waals surface area contributed by atoms with Crippen molar-refractivity contribution in [3.8, 4) is 11.5 Å². The average molecular weight is 266 g/mol. The van der Waals surface area contributed by atoms with Gasteiger partial charge < -0.3 is 14.2 Å². The fourth-order valence-electron chi connectivity index (χ4n) is 1.48. The van der Waals surface area contributed by atoms with Crippen LogP contribution in [0.4, 0.5) is 0 Å². The van der Waals surface area contributed by atoms with E-state index in [9.17, 15) is 4.79 Å². The highest BCUT2D eigenvalue weighted by Crippen LogP contribution is 2.26. The molecule has 0 atom stereocenters. The molecule has 0 aliphatic rings. The van der Waals surface area contributed by atoms with E-state index in [4.69, 9.17) is 14.2 Å². The van der Waals surface area contributed by atoms with Gasteiger partial charge in [-0.05, 0) is 39.8 Å². The van der Waals surface area contributed by atoms with E-state index in [0.717, 1.165) is 0 Å². The molecule has 19 heavy (non-hydrogen) atoms. The molecule has 1 rings (SSSR count). The lowest BCUT2D eigenvalue weighted by atomic mass is 10.2. The molecule has 0 radical (unpaired) electrons. The van der Waals surface area contributed by atoms with Gasteiger partial charge in [-0.15, -0.1) is 0 Å². The van der Waals surface area contributed by atoms with Crippen molar-refractivity contribution in [3.05, 3.63) is 24.3 Å². The van der Waals surface area contributed by atoms with Gasteiger partial charge in [0.1, 0.15) is 5.60 Å². The van der Waals surface area contributed by atoms with E-state index in [2.05, 4.69) is 0 Å². The zero-order valence-corrected chi connectivity index (χ0v) is 12.1. The summed E-state index contributed by atoms with van der Waals surface area (Å²) >= 11 is 0. The zero-order chi connectivity index (χ0) is 14.3. The third-order valence-corrected chi connectivity index (χ3v) is 2.13. The van der Waals surface area contributed by atoms with Crippen molar-refractivity contribution in [1.82, 2.24) is 0 Å². The summed E-state index contributed by atoms with van der Waals surface area (Å²) < 4.78 is 16.2. The second-order valence-corrected chi connectivity index (χ2v) is 5.06. The minimum atomic E-state index is -0.458. The number of carbonyl (C=O) groups is 1. The molecule has 4 nitrogen and oxygen atoms in total. The lowest BCUT2D eigenvalue weighted by Gasteiger charge is -2.19. The standard InChI is InChI=1S/C15H22O4/c1-5-17-12-8-6-7-9-13(12)18-11-10-14(16)19-15(2,3)4/h6-9H,5,10-11H2,1-4H3. The topological polar surface area (TPSA) is 44.8 Å². The summed E-state index contributed by atoms with van der Waals surface area (Å²) in [6.07, 6.45) is 0.220. The van der Waals surface area contributed by atoms with Crippen molar-refractivity contribution in [2.75, 3.05) is 13.2 Å². The molecule has 0 amide bonds. The van der Waals surface area contributed by atoms with Gasteiger partial charge >= 0.3 is 5.97 Å². The molecule has 1 aromatic carbocycles. The van der Waals surface area contributed by atoms with Gasteiger partial charge in [0, 0.05) is 0 Å². The van der Waals surface area contributed by atoms with Crippen LogP contribution in [0.25, 0.3) is 0 Å². The zero-order valence-electron chi connectivity index (χ0n) is 12.1. The molecule has 0 aromatic heterocycles. The molecule has 0 spiro atoms. The van der Waals surface area contributed by atoms with Gasteiger partial charge in [0.15, 0.2) is 11.5 Å². The molecule has 4 heteroatoms. The first-order valence-corrected chi connectivity index (χ1v) is 6.49. The fourth-order valence-corrected chi connectivity index (χ4v) is 1.48. The Hall–Kier alpha value is -1.71. The predicted octanol–water partition coefficient (Wildman–Crippen LogP) is 3.20. The van der Waals surface area contributed by atoms with E-state index in [-0.39, 0.29) is 19.0 Å². The number of hydrogen-bond acceptors (Lipinski definition) is 4. The first-order valence-electron chi connectivity index (χ1n) is 6.49. The second-order valence-electron chi connectivity index (χ2n) is 5.06. The molecule has 0 bridgehead atoms. The molecular formula is C15H22O4.